The third-order valence-electron chi connectivity index (χ3n) is 5.89. The fourth-order valence-electron chi connectivity index (χ4n) is 4.32. The fraction of sp³-hybridized carbons (Fsp3) is 0.240. The maximum atomic E-state index is 13.2. The van der Waals surface area contributed by atoms with Crippen molar-refractivity contribution in [2.45, 2.75) is 19.0 Å². The van der Waals surface area contributed by atoms with E-state index in [0.29, 0.717) is 60.4 Å². The maximum absolute atomic E-state index is 13.2. The van der Waals surface area contributed by atoms with Crippen molar-refractivity contribution in [1.82, 2.24) is 14.5 Å². The fourth-order valence-corrected chi connectivity index (χ4v) is 4.52. The number of nitrogens with zero attached hydrogens (tertiary/aromatic N) is 3. The molecule has 0 saturated carbocycles. The Labute approximate surface area is 201 Å². The van der Waals surface area contributed by atoms with E-state index < -0.39 is 17.7 Å². The van der Waals surface area contributed by atoms with E-state index in [9.17, 15) is 14.7 Å². The molecule has 0 aliphatic carbocycles. The molecular formula is C25H22ClN3O5. The van der Waals surface area contributed by atoms with Gasteiger partial charge in [-0.15, -0.1) is 0 Å². The number of likely N-dealkylation sites (tertiary alicyclic amines) is 1. The molecule has 34 heavy (non-hydrogen) atoms. The number of fused-ring (bicyclic) bond motifs is 1. The minimum Gasteiger partial charge on any atom is -0.507 e. The standard InChI is InChI=1S/C25H22ClN3O5/c26-18-4-1-3-16(13-18)22-21(23(30)17-5-6-19-20(14-17)34-12-11-33-19)24(31)25(32)29(22)9-2-8-28-10-7-27-15-28/h1,3-7,10,13-15,22,30H,2,8-9,11-12H2/t22-/m1/s1. The number of hydrogen-bond donors (Lipinski definition) is 1. The van der Waals surface area contributed by atoms with Gasteiger partial charge >= 0.3 is 0 Å². The predicted octanol–water partition coefficient (Wildman–Crippen LogP) is 3.82. The summed E-state index contributed by atoms with van der Waals surface area (Å²) in [6.45, 7) is 1.78. The number of ether oxygens (including phenoxy) is 2. The lowest BCUT2D eigenvalue weighted by atomic mass is 9.95. The summed E-state index contributed by atoms with van der Waals surface area (Å²) in [7, 11) is 0. The number of Topliss-reactive ketones (excluding diaryl/α,β-unsaturated/α-hetero) is 1. The average molecular weight is 480 g/mol. The van der Waals surface area contributed by atoms with Crippen molar-refractivity contribution in [3.8, 4) is 11.5 Å². The normalized spacial score (nSPS) is 19.0. The lowest BCUT2D eigenvalue weighted by Gasteiger charge is -2.25. The van der Waals surface area contributed by atoms with Crippen LogP contribution in [0.5, 0.6) is 11.5 Å². The zero-order valence-electron chi connectivity index (χ0n) is 18.2. The van der Waals surface area contributed by atoms with Gasteiger partial charge in [-0.3, -0.25) is 9.59 Å². The summed E-state index contributed by atoms with van der Waals surface area (Å²) in [5.41, 5.74) is 1.03. The van der Waals surface area contributed by atoms with E-state index in [4.69, 9.17) is 21.1 Å². The highest BCUT2D eigenvalue weighted by Gasteiger charge is 2.45. The molecule has 2 aliphatic heterocycles. The van der Waals surface area contributed by atoms with Gasteiger partial charge < -0.3 is 24.0 Å². The predicted molar refractivity (Wildman–Crippen MR) is 125 cm³/mol. The van der Waals surface area contributed by atoms with Gasteiger partial charge in [0.1, 0.15) is 19.0 Å². The number of aryl methyl sites for hydroxylation is 1. The summed E-state index contributed by atoms with van der Waals surface area (Å²) in [6, 6.07) is 11.1. The number of aliphatic hydroxyl groups excluding tert-OH is 1. The van der Waals surface area contributed by atoms with Crippen LogP contribution in [0, 0.1) is 0 Å². The van der Waals surface area contributed by atoms with E-state index in [1.807, 2.05) is 10.8 Å². The molecule has 3 heterocycles. The van der Waals surface area contributed by atoms with Crippen LogP contribution in [0.2, 0.25) is 5.02 Å². The van der Waals surface area contributed by atoms with E-state index in [1.165, 1.54) is 4.90 Å². The highest BCUT2D eigenvalue weighted by atomic mass is 35.5. The first-order valence-electron chi connectivity index (χ1n) is 10.9. The monoisotopic (exact) mass is 479 g/mol. The highest BCUT2D eigenvalue weighted by Crippen LogP contribution is 2.41. The van der Waals surface area contributed by atoms with Crippen molar-refractivity contribution in [3.05, 3.63) is 82.9 Å². The summed E-state index contributed by atoms with van der Waals surface area (Å²) in [4.78, 5) is 31.8. The molecule has 1 amide bonds. The zero-order chi connectivity index (χ0) is 23.7. The Bertz CT molecular complexity index is 1270. The minimum atomic E-state index is -0.769. The van der Waals surface area contributed by atoms with Crippen LogP contribution in [0.4, 0.5) is 0 Å². The topological polar surface area (TPSA) is 93.9 Å². The first-order valence-corrected chi connectivity index (χ1v) is 11.3. The number of carbonyl (C=O) groups is 2. The molecule has 3 aromatic rings. The van der Waals surface area contributed by atoms with Crippen molar-refractivity contribution in [3.63, 3.8) is 0 Å². The Morgan fingerprint density at radius 1 is 1.09 bits per heavy atom. The molecule has 1 aromatic heterocycles. The molecule has 2 aliphatic rings. The first kappa shape index (κ1) is 22.0. The van der Waals surface area contributed by atoms with Gasteiger partial charge in [0.15, 0.2) is 11.5 Å². The Kier molecular flexibility index (Phi) is 5.98. The molecule has 8 nitrogen and oxygen atoms in total. The van der Waals surface area contributed by atoms with Crippen LogP contribution < -0.4 is 9.47 Å². The molecule has 2 aromatic carbocycles. The highest BCUT2D eigenvalue weighted by molar-refractivity contribution is 6.46. The molecule has 1 atom stereocenters. The second-order valence-electron chi connectivity index (χ2n) is 8.06. The molecule has 0 bridgehead atoms. The largest absolute Gasteiger partial charge is 0.507 e. The molecule has 174 valence electrons. The van der Waals surface area contributed by atoms with Gasteiger partial charge in [0.2, 0.25) is 0 Å². The smallest absolute Gasteiger partial charge is 0.295 e. The lowest BCUT2D eigenvalue weighted by molar-refractivity contribution is -0.139. The van der Waals surface area contributed by atoms with Crippen molar-refractivity contribution < 1.29 is 24.2 Å². The van der Waals surface area contributed by atoms with Crippen LogP contribution in [0.3, 0.4) is 0 Å². The number of aromatic nitrogens is 2. The van der Waals surface area contributed by atoms with E-state index in [-0.39, 0.29) is 11.3 Å². The van der Waals surface area contributed by atoms with E-state index in [1.54, 1.807) is 55.0 Å². The van der Waals surface area contributed by atoms with Crippen molar-refractivity contribution in [2.75, 3.05) is 19.8 Å². The molecular weight excluding hydrogens is 458 g/mol. The average Bonchev–Trinajstić information content (AvgIpc) is 3.45. The van der Waals surface area contributed by atoms with Crippen molar-refractivity contribution in [2.24, 2.45) is 0 Å². The number of carbonyl (C=O) groups excluding carboxylic acids is 2. The second kappa shape index (κ2) is 9.23. The van der Waals surface area contributed by atoms with Crippen LogP contribution >= 0.6 is 11.6 Å². The Morgan fingerprint density at radius 2 is 1.91 bits per heavy atom. The SMILES string of the molecule is O=C1C(=O)N(CCCn2ccnc2)[C@H](c2cccc(Cl)c2)C1=C(O)c1ccc2c(c1)OCCO2. The van der Waals surface area contributed by atoms with Crippen LogP contribution in [0.25, 0.3) is 5.76 Å². The Morgan fingerprint density at radius 3 is 2.68 bits per heavy atom. The molecule has 9 heteroatoms. The number of amides is 1. The second-order valence-corrected chi connectivity index (χ2v) is 8.50. The molecule has 0 spiro atoms. The quantitative estimate of drug-likeness (QED) is 0.328. The maximum Gasteiger partial charge on any atom is 0.295 e. The minimum absolute atomic E-state index is 0.0200. The first-order chi connectivity index (χ1) is 16.5. The van der Waals surface area contributed by atoms with Crippen molar-refractivity contribution in [1.29, 1.82) is 0 Å². The molecule has 1 N–H and O–H groups in total. The van der Waals surface area contributed by atoms with E-state index >= 15 is 0 Å². The lowest BCUT2D eigenvalue weighted by Crippen LogP contribution is -2.31. The van der Waals surface area contributed by atoms with Crippen molar-refractivity contribution >= 4 is 29.1 Å². The van der Waals surface area contributed by atoms with E-state index in [0.717, 1.165) is 0 Å². The van der Waals surface area contributed by atoms with Gasteiger partial charge in [0.25, 0.3) is 11.7 Å². The number of hydrogen-bond acceptors (Lipinski definition) is 6. The molecule has 0 radical (unpaired) electrons. The van der Waals surface area contributed by atoms with Gasteiger partial charge in [-0.05, 0) is 42.3 Å². The molecule has 1 fully saturated rings. The van der Waals surface area contributed by atoms with Gasteiger partial charge in [0, 0.05) is 36.1 Å². The molecule has 5 rings (SSSR count). The summed E-state index contributed by atoms with van der Waals surface area (Å²) < 4.78 is 13.1. The van der Waals surface area contributed by atoms with Gasteiger partial charge in [-0.1, -0.05) is 23.7 Å². The van der Waals surface area contributed by atoms with Crippen LogP contribution in [0.1, 0.15) is 23.6 Å². The number of aliphatic hydroxyl groups is 1. The third kappa shape index (κ3) is 4.12. The summed E-state index contributed by atoms with van der Waals surface area (Å²) in [5, 5.41) is 11.7. The zero-order valence-corrected chi connectivity index (χ0v) is 18.9. The van der Waals surface area contributed by atoms with E-state index in [2.05, 4.69) is 4.98 Å². The number of rotatable bonds is 6. The number of halogens is 1. The van der Waals surface area contributed by atoms with Crippen LogP contribution in [-0.4, -0.2) is 51.0 Å². The Balaban J connectivity index is 1.54. The number of imidazole rings is 1. The summed E-state index contributed by atoms with van der Waals surface area (Å²) in [6.07, 6.45) is 5.82. The number of ketones is 1. The molecule has 1 saturated heterocycles. The molecule has 0 unspecified atom stereocenters. The van der Waals surface area contributed by atoms with Gasteiger partial charge in [0.05, 0.1) is 17.9 Å². The van der Waals surface area contributed by atoms with Crippen LogP contribution in [0.15, 0.2) is 66.8 Å². The summed E-state index contributed by atoms with van der Waals surface area (Å²) in [5.74, 6) is -0.620. The Hall–Kier alpha value is -3.78. The van der Waals surface area contributed by atoms with Gasteiger partial charge in [-0.2, -0.15) is 0 Å². The van der Waals surface area contributed by atoms with Crippen LogP contribution in [-0.2, 0) is 16.1 Å². The summed E-state index contributed by atoms with van der Waals surface area (Å²) >= 11 is 6.23. The number of benzene rings is 2. The third-order valence-corrected chi connectivity index (χ3v) is 6.13. The van der Waals surface area contributed by atoms with Gasteiger partial charge in [-0.25, -0.2) is 4.98 Å².